The van der Waals surface area contributed by atoms with Gasteiger partial charge in [0.2, 0.25) is 0 Å². The maximum Gasteiger partial charge on any atom is 0.305 e. The highest BCUT2D eigenvalue weighted by atomic mass is 16.5. The number of ether oxygens (including phenoxy) is 1. The predicted molar refractivity (Wildman–Crippen MR) is 91.3 cm³/mol. The average Bonchev–Trinajstić information content (AvgIpc) is 2.46. The summed E-state index contributed by atoms with van der Waals surface area (Å²) in [7, 11) is 0. The molecule has 0 N–H and O–H groups in total. The minimum absolute atomic E-state index is 0.0539. The van der Waals surface area contributed by atoms with Gasteiger partial charge in [0, 0.05) is 6.42 Å². The van der Waals surface area contributed by atoms with E-state index in [4.69, 9.17) is 4.74 Å². The summed E-state index contributed by atoms with van der Waals surface area (Å²) in [5, 5.41) is 0. The van der Waals surface area contributed by atoms with Crippen molar-refractivity contribution in [3.63, 3.8) is 0 Å². The standard InChI is InChI=1S/C19H38O2/c1-7-15(3)11-9-12-16(4)13-10-14-17(5)18(6)21-19(20)8-2/h15-18H,7-14H2,1-6H3/t15-,16-,17+,18+/m0/s1. The number of esters is 1. The molecule has 0 aliphatic rings. The molecule has 0 saturated heterocycles. The monoisotopic (exact) mass is 298 g/mol. The van der Waals surface area contributed by atoms with Gasteiger partial charge in [-0.25, -0.2) is 0 Å². The lowest BCUT2D eigenvalue weighted by atomic mass is 9.91. The van der Waals surface area contributed by atoms with Gasteiger partial charge in [-0.05, 0) is 31.1 Å². The molecule has 0 aliphatic heterocycles. The van der Waals surface area contributed by atoms with Gasteiger partial charge < -0.3 is 4.74 Å². The van der Waals surface area contributed by atoms with Crippen LogP contribution in [0.1, 0.15) is 92.9 Å². The van der Waals surface area contributed by atoms with Crippen molar-refractivity contribution in [2.75, 3.05) is 0 Å². The van der Waals surface area contributed by atoms with Crippen LogP contribution < -0.4 is 0 Å². The van der Waals surface area contributed by atoms with Crippen LogP contribution >= 0.6 is 0 Å². The van der Waals surface area contributed by atoms with Crippen molar-refractivity contribution < 1.29 is 9.53 Å². The van der Waals surface area contributed by atoms with Crippen LogP contribution in [0.2, 0.25) is 0 Å². The fraction of sp³-hybridized carbons (Fsp3) is 0.947. The molecule has 0 bridgehead atoms. The lowest BCUT2D eigenvalue weighted by Crippen LogP contribution is -2.21. The van der Waals surface area contributed by atoms with Crippen LogP contribution in [0.3, 0.4) is 0 Å². The molecule has 21 heavy (non-hydrogen) atoms. The molecule has 0 aliphatic carbocycles. The van der Waals surface area contributed by atoms with Crippen LogP contribution in [0.15, 0.2) is 0 Å². The molecule has 0 spiro atoms. The van der Waals surface area contributed by atoms with E-state index in [0.29, 0.717) is 12.3 Å². The first-order valence-electron chi connectivity index (χ1n) is 9.10. The second-order valence-electron chi connectivity index (χ2n) is 7.01. The molecule has 2 heteroatoms. The van der Waals surface area contributed by atoms with Crippen molar-refractivity contribution in [3.8, 4) is 0 Å². The number of carbonyl (C=O) groups excluding carboxylic acids is 1. The molecule has 0 aromatic carbocycles. The lowest BCUT2D eigenvalue weighted by Gasteiger charge is -2.21. The van der Waals surface area contributed by atoms with Gasteiger partial charge in [0.05, 0.1) is 0 Å². The second-order valence-corrected chi connectivity index (χ2v) is 7.01. The van der Waals surface area contributed by atoms with Crippen LogP contribution in [0, 0.1) is 17.8 Å². The maximum atomic E-state index is 11.3. The molecule has 0 fully saturated rings. The van der Waals surface area contributed by atoms with Crippen molar-refractivity contribution in [1.29, 1.82) is 0 Å². The first-order chi connectivity index (χ1) is 9.90. The zero-order chi connectivity index (χ0) is 16.3. The van der Waals surface area contributed by atoms with Gasteiger partial charge in [-0.3, -0.25) is 4.79 Å². The van der Waals surface area contributed by atoms with Gasteiger partial charge in [-0.2, -0.15) is 0 Å². The summed E-state index contributed by atoms with van der Waals surface area (Å²) in [5.74, 6) is 2.10. The second kappa shape index (κ2) is 12.1. The summed E-state index contributed by atoms with van der Waals surface area (Å²) in [4.78, 5) is 11.3. The normalized spacial score (nSPS) is 17.0. The summed E-state index contributed by atoms with van der Waals surface area (Å²) in [6, 6.07) is 0. The van der Waals surface area contributed by atoms with Gasteiger partial charge >= 0.3 is 5.97 Å². The van der Waals surface area contributed by atoms with Crippen molar-refractivity contribution >= 4 is 5.97 Å². The SMILES string of the molecule is CCC(=O)O[C@H](C)[C@H](C)CCC[C@@H](C)CCC[C@@H](C)CC. The molecule has 0 aromatic rings. The third kappa shape index (κ3) is 10.8. The molecule has 0 radical (unpaired) electrons. The largest absolute Gasteiger partial charge is 0.462 e. The number of hydrogen-bond donors (Lipinski definition) is 0. The smallest absolute Gasteiger partial charge is 0.305 e. The Bertz CT molecular complexity index is 262. The van der Waals surface area contributed by atoms with Crippen molar-refractivity contribution in [3.05, 3.63) is 0 Å². The Balaban J connectivity index is 3.69. The van der Waals surface area contributed by atoms with Gasteiger partial charge in [0.1, 0.15) is 6.10 Å². The van der Waals surface area contributed by atoms with Gasteiger partial charge in [0.25, 0.3) is 0 Å². The Morgan fingerprint density at radius 1 is 0.857 bits per heavy atom. The summed E-state index contributed by atoms with van der Waals surface area (Å²) in [6.07, 6.45) is 9.66. The summed E-state index contributed by atoms with van der Waals surface area (Å²) in [5.41, 5.74) is 0. The zero-order valence-corrected chi connectivity index (χ0v) is 15.3. The first-order valence-corrected chi connectivity index (χ1v) is 9.10. The fourth-order valence-corrected chi connectivity index (χ4v) is 2.59. The van der Waals surface area contributed by atoms with Gasteiger partial charge in [-0.15, -0.1) is 0 Å². The summed E-state index contributed by atoms with van der Waals surface area (Å²) < 4.78 is 5.38. The topological polar surface area (TPSA) is 26.3 Å². The van der Waals surface area contributed by atoms with E-state index in [1.807, 2.05) is 13.8 Å². The lowest BCUT2D eigenvalue weighted by molar-refractivity contribution is -0.150. The molecular formula is C19H38O2. The van der Waals surface area contributed by atoms with Crippen molar-refractivity contribution in [1.82, 2.24) is 0 Å². The maximum absolute atomic E-state index is 11.3. The number of carbonyl (C=O) groups is 1. The van der Waals surface area contributed by atoms with Gasteiger partial charge in [-0.1, -0.05) is 73.1 Å². The highest BCUT2D eigenvalue weighted by Crippen LogP contribution is 2.22. The molecule has 0 heterocycles. The highest BCUT2D eigenvalue weighted by Gasteiger charge is 2.16. The van der Waals surface area contributed by atoms with E-state index in [2.05, 4.69) is 27.7 Å². The highest BCUT2D eigenvalue weighted by molar-refractivity contribution is 5.69. The van der Waals surface area contributed by atoms with Crippen molar-refractivity contribution in [2.24, 2.45) is 17.8 Å². The number of hydrogen-bond acceptors (Lipinski definition) is 2. The minimum atomic E-state index is -0.0761. The Morgan fingerprint density at radius 3 is 1.90 bits per heavy atom. The predicted octanol–water partition coefficient (Wildman–Crippen LogP) is 5.99. The van der Waals surface area contributed by atoms with E-state index in [-0.39, 0.29) is 12.1 Å². The van der Waals surface area contributed by atoms with E-state index in [9.17, 15) is 4.79 Å². The Kier molecular flexibility index (Phi) is 11.8. The summed E-state index contributed by atoms with van der Waals surface area (Å²) in [6.45, 7) is 13.1. The Labute approximate surface area is 133 Å². The molecule has 0 aromatic heterocycles. The molecule has 0 saturated carbocycles. The van der Waals surface area contributed by atoms with Crippen LogP contribution in [0.4, 0.5) is 0 Å². The van der Waals surface area contributed by atoms with E-state index in [0.717, 1.165) is 18.3 Å². The zero-order valence-electron chi connectivity index (χ0n) is 15.3. The van der Waals surface area contributed by atoms with Crippen LogP contribution in [-0.2, 0) is 9.53 Å². The molecule has 126 valence electrons. The van der Waals surface area contributed by atoms with Crippen molar-refractivity contribution in [2.45, 2.75) is 99.0 Å². The Morgan fingerprint density at radius 2 is 1.38 bits per heavy atom. The van der Waals surface area contributed by atoms with E-state index >= 15 is 0 Å². The molecule has 4 atom stereocenters. The van der Waals surface area contributed by atoms with E-state index < -0.39 is 0 Å². The van der Waals surface area contributed by atoms with E-state index in [1.165, 1.54) is 38.5 Å². The third-order valence-electron chi connectivity index (χ3n) is 4.85. The third-order valence-corrected chi connectivity index (χ3v) is 4.85. The first kappa shape index (κ1) is 20.5. The van der Waals surface area contributed by atoms with Crippen LogP contribution in [-0.4, -0.2) is 12.1 Å². The van der Waals surface area contributed by atoms with E-state index in [1.54, 1.807) is 0 Å². The molecule has 0 unspecified atom stereocenters. The Hall–Kier alpha value is -0.530. The van der Waals surface area contributed by atoms with Crippen LogP contribution in [0.5, 0.6) is 0 Å². The minimum Gasteiger partial charge on any atom is -0.462 e. The van der Waals surface area contributed by atoms with Crippen LogP contribution in [0.25, 0.3) is 0 Å². The molecule has 0 rings (SSSR count). The molecule has 2 nitrogen and oxygen atoms in total. The van der Waals surface area contributed by atoms with Gasteiger partial charge in [0.15, 0.2) is 0 Å². The quantitative estimate of drug-likeness (QED) is 0.414. The number of rotatable bonds is 12. The molecular weight excluding hydrogens is 260 g/mol. The summed E-state index contributed by atoms with van der Waals surface area (Å²) >= 11 is 0. The average molecular weight is 299 g/mol. The molecule has 0 amide bonds. The fourth-order valence-electron chi connectivity index (χ4n) is 2.59.